The number of ether oxygens (including phenoxy) is 4. The Morgan fingerprint density at radius 2 is 1.69 bits per heavy atom. The molecule has 0 unspecified atom stereocenters. The molecule has 0 amide bonds. The number of carbonyl (C=O) groups excluding carboxylic acids is 2. The maximum absolute atomic E-state index is 12.4. The van der Waals surface area contributed by atoms with Crippen LogP contribution in [-0.2, 0) is 16.1 Å². The number of rotatable bonds is 7. The number of nitrogens with zero attached hydrogens (tertiary/aromatic N) is 2. The van der Waals surface area contributed by atoms with E-state index in [1.54, 1.807) is 37.4 Å². The number of methoxy groups -OCH3 is 3. The van der Waals surface area contributed by atoms with E-state index in [1.165, 1.54) is 26.4 Å². The van der Waals surface area contributed by atoms with E-state index >= 15 is 0 Å². The number of aromatic nitrogens is 2. The summed E-state index contributed by atoms with van der Waals surface area (Å²) >= 11 is 0. The Balaban J connectivity index is 1.74. The SMILES string of the molecule is COC(=O)c1ccccc1C(=O)OCc1nc(-c2ccc(OC)cc2OC)no1. The highest BCUT2D eigenvalue weighted by Gasteiger charge is 2.20. The molecule has 1 aromatic heterocycles. The van der Waals surface area contributed by atoms with Crippen molar-refractivity contribution < 1.29 is 33.1 Å². The summed E-state index contributed by atoms with van der Waals surface area (Å²) in [4.78, 5) is 28.4. The summed E-state index contributed by atoms with van der Waals surface area (Å²) in [6, 6.07) is 11.3. The summed E-state index contributed by atoms with van der Waals surface area (Å²) in [6.07, 6.45) is 0. The van der Waals surface area contributed by atoms with Crippen LogP contribution in [0, 0.1) is 0 Å². The molecule has 2 aromatic carbocycles. The minimum atomic E-state index is -0.715. The molecule has 0 aliphatic carbocycles. The predicted octanol–water partition coefficient (Wildman–Crippen LogP) is 2.90. The van der Waals surface area contributed by atoms with Crippen LogP contribution in [0.3, 0.4) is 0 Å². The van der Waals surface area contributed by atoms with Crippen LogP contribution in [0.15, 0.2) is 47.0 Å². The van der Waals surface area contributed by atoms with Gasteiger partial charge in [0.25, 0.3) is 5.89 Å². The third kappa shape index (κ3) is 4.34. The van der Waals surface area contributed by atoms with Gasteiger partial charge in [-0.05, 0) is 24.3 Å². The standard InChI is InChI=1S/C20H18N2O7/c1-25-12-8-9-15(16(10-12)26-2)18-21-17(29-22-18)11-28-20(24)14-7-5-4-6-13(14)19(23)27-3/h4-10H,11H2,1-3H3. The minimum absolute atomic E-state index is 0.0795. The molecule has 150 valence electrons. The number of hydrogen-bond donors (Lipinski definition) is 0. The lowest BCUT2D eigenvalue weighted by Gasteiger charge is -2.07. The molecule has 0 N–H and O–H groups in total. The molecule has 1 heterocycles. The van der Waals surface area contributed by atoms with Crippen LogP contribution in [0.5, 0.6) is 11.5 Å². The van der Waals surface area contributed by atoms with Crippen molar-refractivity contribution in [3.63, 3.8) is 0 Å². The topological polar surface area (TPSA) is 110 Å². The second-order valence-electron chi connectivity index (χ2n) is 5.69. The molecule has 0 spiro atoms. The van der Waals surface area contributed by atoms with Gasteiger partial charge in [-0.2, -0.15) is 4.98 Å². The Labute approximate surface area is 166 Å². The van der Waals surface area contributed by atoms with Crippen molar-refractivity contribution in [1.29, 1.82) is 0 Å². The molecule has 9 heteroatoms. The van der Waals surface area contributed by atoms with E-state index in [9.17, 15) is 9.59 Å². The van der Waals surface area contributed by atoms with Gasteiger partial charge in [0.1, 0.15) is 11.5 Å². The van der Waals surface area contributed by atoms with Gasteiger partial charge in [-0.3, -0.25) is 0 Å². The van der Waals surface area contributed by atoms with E-state index in [4.69, 9.17) is 18.7 Å². The monoisotopic (exact) mass is 398 g/mol. The molecule has 0 aliphatic rings. The number of benzene rings is 2. The Morgan fingerprint density at radius 1 is 0.966 bits per heavy atom. The Kier molecular flexibility index (Phi) is 6.08. The molecule has 0 radical (unpaired) electrons. The van der Waals surface area contributed by atoms with Crippen LogP contribution in [0.2, 0.25) is 0 Å². The van der Waals surface area contributed by atoms with Crippen LogP contribution < -0.4 is 9.47 Å². The Bertz CT molecular complexity index is 1030. The molecule has 0 fully saturated rings. The van der Waals surface area contributed by atoms with Gasteiger partial charge in [-0.25, -0.2) is 9.59 Å². The fourth-order valence-electron chi connectivity index (χ4n) is 2.56. The first-order valence-corrected chi connectivity index (χ1v) is 8.46. The van der Waals surface area contributed by atoms with Crippen molar-refractivity contribution in [3.8, 4) is 22.9 Å². The van der Waals surface area contributed by atoms with Gasteiger partial charge in [0.05, 0.1) is 38.0 Å². The molecule has 0 aliphatic heterocycles. The molecule has 0 bridgehead atoms. The normalized spacial score (nSPS) is 10.3. The van der Waals surface area contributed by atoms with Crippen molar-refractivity contribution in [2.45, 2.75) is 6.61 Å². The van der Waals surface area contributed by atoms with Crippen LogP contribution in [0.1, 0.15) is 26.6 Å². The zero-order chi connectivity index (χ0) is 20.8. The highest BCUT2D eigenvalue weighted by atomic mass is 16.6. The van der Waals surface area contributed by atoms with Gasteiger partial charge in [0.15, 0.2) is 6.61 Å². The lowest BCUT2D eigenvalue weighted by Crippen LogP contribution is -2.13. The molecule has 0 atom stereocenters. The van der Waals surface area contributed by atoms with Gasteiger partial charge in [0.2, 0.25) is 5.82 Å². The fourth-order valence-corrected chi connectivity index (χ4v) is 2.56. The zero-order valence-corrected chi connectivity index (χ0v) is 16.0. The quantitative estimate of drug-likeness (QED) is 0.555. The number of hydrogen-bond acceptors (Lipinski definition) is 9. The van der Waals surface area contributed by atoms with E-state index in [0.717, 1.165) is 0 Å². The summed E-state index contributed by atoms with van der Waals surface area (Å²) in [7, 11) is 4.30. The van der Waals surface area contributed by atoms with E-state index < -0.39 is 11.9 Å². The average Bonchev–Trinajstić information content (AvgIpc) is 3.25. The Hall–Kier alpha value is -3.88. The molecule has 0 saturated heterocycles. The first-order chi connectivity index (χ1) is 14.1. The lowest BCUT2D eigenvalue weighted by molar-refractivity contribution is 0.0418. The molecular formula is C20H18N2O7. The van der Waals surface area contributed by atoms with Crippen LogP contribution in [0.25, 0.3) is 11.4 Å². The molecule has 3 rings (SSSR count). The van der Waals surface area contributed by atoms with E-state index in [-0.39, 0.29) is 29.4 Å². The maximum atomic E-state index is 12.4. The van der Waals surface area contributed by atoms with E-state index in [2.05, 4.69) is 14.9 Å². The van der Waals surface area contributed by atoms with Crippen LogP contribution >= 0.6 is 0 Å². The van der Waals surface area contributed by atoms with Crippen molar-refractivity contribution in [2.75, 3.05) is 21.3 Å². The van der Waals surface area contributed by atoms with Crippen molar-refractivity contribution in [2.24, 2.45) is 0 Å². The van der Waals surface area contributed by atoms with Crippen LogP contribution in [0.4, 0.5) is 0 Å². The largest absolute Gasteiger partial charge is 0.497 e. The smallest absolute Gasteiger partial charge is 0.339 e. The van der Waals surface area contributed by atoms with Gasteiger partial charge in [-0.1, -0.05) is 17.3 Å². The maximum Gasteiger partial charge on any atom is 0.339 e. The predicted molar refractivity (Wildman–Crippen MR) is 99.7 cm³/mol. The van der Waals surface area contributed by atoms with E-state index in [0.29, 0.717) is 17.1 Å². The first kappa shape index (κ1) is 19.9. The highest BCUT2D eigenvalue weighted by Crippen LogP contribution is 2.31. The summed E-state index contributed by atoms with van der Waals surface area (Å²) in [5.41, 5.74) is 0.774. The molecule has 9 nitrogen and oxygen atoms in total. The summed E-state index contributed by atoms with van der Waals surface area (Å²) < 4.78 is 25.5. The Morgan fingerprint density at radius 3 is 2.34 bits per heavy atom. The molecule has 3 aromatic rings. The van der Waals surface area contributed by atoms with Gasteiger partial charge < -0.3 is 23.5 Å². The second-order valence-corrected chi connectivity index (χ2v) is 5.69. The summed E-state index contributed by atoms with van der Waals surface area (Å²) in [5.74, 6) is 0.123. The zero-order valence-electron chi connectivity index (χ0n) is 16.0. The fraction of sp³-hybridized carbons (Fsp3) is 0.200. The number of esters is 2. The van der Waals surface area contributed by atoms with Crippen molar-refractivity contribution in [1.82, 2.24) is 10.1 Å². The van der Waals surface area contributed by atoms with Gasteiger partial charge in [-0.15, -0.1) is 0 Å². The third-order valence-corrected chi connectivity index (χ3v) is 4.00. The average molecular weight is 398 g/mol. The summed E-state index contributed by atoms with van der Waals surface area (Å²) in [6.45, 7) is -0.264. The number of carbonyl (C=O) groups is 2. The van der Waals surface area contributed by atoms with Crippen molar-refractivity contribution in [3.05, 3.63) is 59.5 Å². The summed E-state index contributed by atoms with van der Waals surface area (Å²) in [5, 5.41) is 3.89. The molecule has 0 saturated carbocycles. The first-order valence-electron chi connectivity index (χ1n) is 8.46. The minimum Gasteiger partial charge on any atom is -0.497 e. The van der Waals surface area contributed by atoms with Crippen LogP contribution in [-0.4, -0.2) is 43.4 Å². The third-order valence-electron chi connectivity index (χ3n) is 4.00. The second kappa shape index (κ2) is 8.87. The molecular weight excluding hydrogens is 380 g/mol. The molecule has 29 heavy (non-hydrogen) atoms. The van der Waals surface area contributed by atoms with E-state index in [1.807, 2.05) is 0 Å². The highest BCUT2D eigenvalue weighted by molar-refractivity contribution is 6.03. The van der Waals surface area contributed by atoms with Crippen molar-refractivity contribution >= 4 is 11.9 Å². The lowest BCUT2D eigenvalue weighted by atomic mass is 10.1. The van der Waals surface area contributed by atoms with Gasteiger partial charge in [0, 0.05) is 6.07 Å². The van der Waals surface area contributed by atoms with Gasteiger partial charge >= 0.3 is 11.9 Å².